The summed E-state index contributed by atoms with van der Waals surface area (Å²) in [5.74, 6) is 0. The summed E-state index contributed by atoms with van der Waals surface area (Å²) in [5, 5.41) is 0. The Morgan fingerprint density at radius 1 is 1.44 bits per heavy atom. The minimum absolute atomic E-state index is 0.0514. The van der Waals surface area contributed by atoms with Gasteiger partial charge in [0.05, 0.1) is 19.5 Å². The lowest BCUT2D eigenvalue weighted by molar-refractivity contribution is 0.0120. The Balaban J connectivity index is 2.13. The van der Waals surface area contributed by atoms with Crippen LogP contribution >= 0.6 is 0 Å². The van der Waals surface area contributed by atoms with Gasteiger partial charge in [0.2, 0.25) is 0 Å². The van der Waals surface area contributed by atoms with E-state index in [1.165, 1.54) is 5.56 Å². The summed E-state index contributed by atoms with van der Waals surface area (Å²) in [7, 11) is -3.41. The van der Waals surface area contributed by atoms with E-state index in [1.54, 1.807) is 0 Å². The van der Waals surface area contributed by atoms with Crippen LogP contribution in [0.3, 0.4) is 0 Å². The van der Waals surface area contributed by atoms with E-state index in [-0.39, 0.29) is 12.7 Å². The molecule has 0 N–H and O–H groups in total. The molecule has 1 aliphatic rings. The van der Waals surface area contributed by atoms with Crippen molar-refractivity contribution in [3.05, 3.63) is 35.4 Å². The Kier molecular flexibility index (Phi) is 3.28. The Hall–Kier alpha value is -0.910. The minimum Gasteiger partial charge on any atom is -0.371 e. The van der Waals surface area contributed by atoms with Gasteiger partial charge in [-0.05, 0) is 17.5 Å². The number of benzene rings is 1. The highest BCUT2D eigenvalue weighted by atomic mass is 32.2. The van der Waals surface area contributed by atoms with Crippen molar-refractivity contribution in [2.45, 2.75) is 12.5 Å². The first-order chi connectivity index (χ1) is 7.56. The summed E-state index contributed by atoms with van der Waals surface area (Å²) in [6.45, 7) is 0.657. The van der Waals surface area contributed by atoms with Crippen molar-refractivity contribution in [3.8, 4) is 0 Å². The van der Waals surface area contributed by atoms with Crippen LogP contribution in [-0.2, 0) is 25.5 Å². The topological polar surface area (TPSA) is 52.6 Å². The van der Waals surface area contributed by atoms with Gasteiger partial charge in [0, 0.05) is 0 Å². The molecule has 0 radical (unpaired) electrons. The van der Waals surface area contributed by atoms with Gasteiger partial charge in [-0.2, -0.15) is 8.42 Å². The minimum atomic E-state index is -3.41. The average Bonchev–Trinajstić information content (AvgIpc) is 2.25. The Labute approximate surface area is 95.3 Å². The fraction of sp³-hybridized carbons (Fsp3) is 0.455. The third kappa shape index (κ3) is 2.81. The van der Waals surface area contributed by atoms with Crippen LogP contribution in [0.15, 0.2) is 24.3 Å². The fourth-order valence-electron chi connectivity index (χ4n) is 1.80. The second-order valence-corrected chi connectivity index (χ2v) is 5.44. The number of rotatable bonds is 3. The van der Waals surface area contributed by atoms with Crippen molar-refractivity contribution in [1.29, 1.82) is 0 Å². The van der Waals surface area contributed by atoms with Crippen LogP contribution in [0.1, 0.15) is 17.2 Å². The molecule has 0 amide bonds. The number of hydrogen-bond acceptors (Lipinski definition) is 4. The summed E-state index contributed by atoms with van der Waals surface area (Å²) in [5.41, 5.74) is 2.23. The van der Waals surface area contributed by atoms with Gasteiger partial charge < -0.3 is 4.74 Å². The zero-order chi connectivity index (χ0) is 11.6. The molecule has 1 aromatic rings. The Morgan fingerprint density at radius 3 is 2.94 bits per heavy atom. The third-order valence-corrected chi connectivity index (χ3v) is 3.09. The fourth-order valence-corrected chi connectivity index (χ4v) is 2.17. The number of fused-ring (bicyclic) bond motifs is 1. The van der Waals surface area contributed by atoms with Crippen molar-refractivity contribution in [2.75, 3.05) is 19.5 Å². The predicted octanol–water partition coefficient (Wildman–Crippen LogP) is 1.28. The van der Waals surface area contributed by atoms with Gasteiger partial charge in [0.15, 0.2) is 0 Å². The molecule has 1 heterocycles. The highest BCUT2D eigenvalue weighted by Crippen LogP contribution is 2.27. The average molecular weight is 242 g/mol. The van der Waals surface area contributed by atoms with E-state index >= 15 is 0 Å². The van der Waals surface area contributed by atoms with E-state index in [0.29, 0.717) is 6.61 Å². The van der Waals surface area contributed by atoms with Crippen LogP contribution in [0.25, 0.3) is 0 Å². The maximum atomic E-state index is 10.9. The molecular weight excluding hydrogens is 228 g/mol. The number of ether oxygens (including phenoxy) is 1. The van der Waals surface area contributed by atoms with E-state index < -0.39 is 10.1 Å². The molecule has 1 atom stereocenters. The monoisotopic (exact) mass is 242 g/mol. The van der Waals surface area contributed by atoms with Crippen molar-refractivity contribution in [1.82, 2.24) is 0 Å². The van der Waals surface area contributed by atoms with E-state index in [1.807, 2.05) is 24.3 Å². The molecule has 1 aliphatic heterocycles. The van der Waals surface area contributed by atoms with Crippen LogP contribution in [0, 0.1) is 0 Å². The lowest BCUT2D eigenvalue weighted by Gasteiger charge is -2.25. The standard InChI is InChI=1S/C11H14O4S/c1-16(12,13)15-8-11-10-5-3-2-4-9(10)6-7-14-11/h2-5,11H,6-8H2,1H3/t11-/m1/s1. The summed E-state index contributed by atoms with van der Waals surface area (Å²) >= 11 is 0. The lowest BCUT2D eigenvalue weighted by atomic mass is 9.98. The van der Waals surface area contributed by atoms with Gasteiger partial charge in [-0.25, -0.2) is 0 Å². The summed E-state index contributed by atoms with van der Waals surface area (Å²) in [4.78, 5) is 0. The van der Waals surface area contributed by atoms with Crippen molar-refractivity contribution in [3.63, 3.8) is 0 Å². The maximum absolute atomic E-state index is 10.9. The van der Waals surface area contributed by atoms with Crippen LogP contribution < -0.4 is 0 Å². The highest BCUT2D eigenvalue weighted by Gasteiger charge is 2.21. The zero-order valence-electron chi connectivity index (χ0n) is 9.05. The van der Waals surface area contributed by atoms with Gasteiger partial charge in [0.1, 0.15) is 6.10 Å². The summed E-state index contributed by atoms with van der Waals surface area (Å²) in [6.07, 6.45) is 1.63. The van der Waals surface area contributed by atoms with E-state index in [2.05, 4.69) is 0 Å². The first kappa shape index (κ1) is 11.6. The van der Waals surface area contributed by atoms with Crippen molar-refractivity contribution >= 4 is 10.1 Å². The molecule has 0 unspecified atom stereocenters. The maximum Gasteiger partial charge on any atom is 0.264 e. The van der Waals surface area contributed by atoms with Crippen molar-refractivity contribution in [2.24, 2.45) is 0 Å². The van der Waals surface area contributed by atoms with Crippen LogP contribution in [-0.4, -0.2) is 27.9 Å². The van der Waals surface area contributed by atoms with Gasteiger partial charge in [-0.15, -0.1) is 0 Å². The molecule has 16 heavy (non-hydrogen) atoms. The Morgan fingerprint density at radius 2 is 2.19 bits per heavy atom. The van der Waals surface area contributed by atoms with Crippen LogP contribution in [0.5, 0.6) is 0 Å². The van der Waals surface area contributed by atoms with Gasteiger partial charge >= 0.3 is 0 Å². The molecule has 0 spiro atoms. The van der Waals surface area contributed by atoms with Gasteiger partial charge in [-0.1, -0.05) is 24.3 Å². The molecular formula is C11H14O4S. The normalized spacial score (nSPS) is 20.4. The van der Waals surface area contributed by atoms with Gasteiger partial charge in [-0.3, -0.25) is 4.18 Å². The van der Waals surface area contributed by atoms with E-state index in [9.17, 15) is 8.42 Å². The third-order valence-electron chi connectivity index (χ3n) is 2.53. The summed E-state index contributed by atoms with van der Waals surface area (Å²) in [6, 6.07) is 7.87. The molecule has 0 bridgehead atoms. The molecule has 5 heteroatoms. The molecule has 4 nitrogen and oxygen atoms in total. The van der Waals surface area contributed by atoms with Crippen LogP contribution in [0.4, 0.5) is 0 Å². The first-order valence-electron chi connectivity index (χ1n) is 5.10. The molecule has 0 saturated heterocycles. The van der Waals surface area contributed by atoms with Crippen LogP contribution in [0.2, 0.25) is 0 Å². The molecule has 0 aliphatic carbocycles. The largest absolute Gasteiger partial charge is 0.371 e. The van der Waals surface area contributed by atoms with E-state index in [0.717, 1.165) is 18.2 Å². The highest BCUT2D eigenvalue weighted by molar-refractivity contribution is 7.85. The smallest absolute Gasteiger partial charge is 0.264 e. The Bertz CT molecular complexity index is 467. The molecule has 0 aromatic heterocycles. The quantitative estimate of drug-likeness (QED) is 0.749. The molecule has 0 saturated carbocycles. The van der Waals surface area contributed by atoms with E-state index in [4.69, 9.17) is 8.92 Å². The molecule has 1 aromatic carbocycles. The first-order valence-corrected chi connectivity index (χ1v) is 6.92. The lowest BCUT2D eigenvalue weighted by Crippen LogP contribution is -2.21. The molecule has 88 valence electrons. The van der Waals surface area contributed by atoms with Gasteiger partial charge in [0.25, 0.3) is 10.1 Å². The predicted molar refractivity (Wildman–Crippen MR) is 59.6 cm³/mol. The second kappa shape index (κ2) is 4.53. The number of hydrogen-bond donors (Lipinski definition) is 0. The SMILES string of the molecule is CS(=O)(=O)OC[C@H]1OCCc2ccccc21. The second-order valence-electron chi connectivity index (χ2n) is 3.80. The molecule has 0 fully saturated rings. The molecule has 2 rings (SSSR count). The van der Waals surface area contributed by atoms with Crippen molar-refractivity contribution < 1.29 is 17.3 Å². The zero-order valence-corrected chi connectivity index (χ0v) is 9.87. The summed E-state index contributed by atoms with van der Waals surface area (Å²) < 4.78 is 32.1.